The predicted octanol–water partition coefficient (Wildman–Crippen LogP) is 10.4. The average molecular weight is 531 g/mol. The number of allylic oxidation sites excluding steroid dienone is 2. The molecule has 0 amide bonds. The molecule has 0 spiro atoms. The fourth-order valence-corrected chi connectivity index (χ4v) is 6.96. The van der Waals surface area contributed by atoms with E-state index in [-0.39, 0.29) is 5.78 Å². The van der Waals surface area contributed by atoms with E-state index in [9.17, 15) is 9.46 Å². The summed E-state index contributed by atoms with van der Waals surface area (Å²) in [6.45, 7) is 4.74. The van der Waals surface area contributed by atoms with Gasteiger partial charge >= 0.3 is 7.60 Å². The molecule has 0 heterocycles. The fourth-order valence-electron chi connectivity index (χ4n) is 4.94. The van der Waals surface area contributed by atoms with Gasteiger partial charge in [-0.15, -0.1) is 0 Å². The highest BCUT2D eigenvalue weighted by Crippen LogP contribution is 2.51. The molecule has 0 fully saturated rings. The average Bonchev–Trinajstić information content (AvgIpc) is 2.82. The van der Waals surface area contributed by atoms with Crippen molar-refractivity contribution in [1.29, 1.82) is 0 Å². The van der Waals surface area contributed by atoms with Gasteiger partial charge in [-0.05, 0) is 38.5 Å². The van der Waals surface area contributed by atoms with Crippen molar-refractivity contribution in [3.8, 4) is 0 Å². The molecule has 0 aliphatic carbocycles. The van der Waals surface area contributed by atoms with E-state index in [4.69, 9.17) is 4.52 Å². The van der Waals surface area contributed by atoms with Gasteiger partial charge in [0.25, 0.3) is 0 Å². The summed E-state index contributed by atoms with van der Waals surface area (Å²) in [5, 5.41) is 0. The number of rotatable bonds is 27. The molecule has 0 bridgehead atoms. The minimum Gasteiger partial charge on any atom is -0.320 e. The Labute approximate surface area is 226 Å². The van der Waals surface area contributed by atoms with Gasteiger partial charge in [0, 0.05) is 6.42 Å². The third-order valence-electron chi connectivity index (χ3n) is 7.25. The highest BCUT2D eigenvalue weighted by atomic mass is 31.2. The summed E-state index contributed by atoms with van der Waals surface area (Å²) < 4.78 is 18.6. The van der Waals surface area contributed by atoms with E-state index in [1.54, 1.807) is 0 Å². The molecule has 0 rings (SSSR count). The quantitative estimate of drug-likeness (QED) is 0.0497. The summed E-state index contributed by atoms with van der Waals surface area (Å²) in [4.78, 5) is 10.4. The number of hydrogen-bond acceptors (Lipinski definition) is 2. The maximum atomic E-state index is 12.7. The Hall–Kier alpha value is -0.150. The minimum atomic E-state index is -3.57. The highest BCUT2D eigenvalue weighted by Gasteiger charge is 2.41. The van der Waals surface area contributed by atoms with Gasteiger partial charge in [-0.3, -0.25) is 4.57 Å². The predicted molar refractivity (Wildman–Crippen MR) is 160 cm³/mol. The van der Waals surface area contributed by atoms with E-state index in [1.165, 1.54) is 116 Å². The van der Waals surface area contributed by atoms with E-state index >= 15 is 0 Å². The molecule has 0 saturated carbocycles. The lowest BCUT2D eigenvalue weighted by Crippen LogP contribution is -2.45. The van der Waals surface area contributed by atoms with Gasteiger partial charge in [0.05, 0.1) is 27.7 Å². The first-order valence-electron chi connectivity index (χ1n) is 15.7. The zero-order chi connectivity index (χ0) is 27.0. The highest BCUT2D eigenvalue weighted by molar-refractivity contribution is 7.53. The Morgan fingerprint density at radius 1 is 0.639 bits per heavy atom. The standard InChI is InChI=1S/C31H64NO3P/c1-6-8-9-10-11-12-13-14-15-16-17-18-19-20-21-22-23-24-25-26-27-28-30-35-36(33,34)31(29-7-2)32(3,4)5/h20-21,31H,6-19,22-30H2,1-5H3/p+1/b21-20-. The molecule has 0 aliphatic rings. The van der Waals surface area contributed by atoms with Crippen LogP contribution >= 0.6 is 7.60 Å². The molecule has 0 aromatic rings. The van der Waals surface area contributed by atoms with E-state index in [0.717, 1.165) is 19.3 Å². The number of quaternary nitrogens is 1. The van der Waals surface area contributed by atoms with Crippen molar-refractivity contribution >= 4 is 7.60 Å². The van der Waals surface area contributed by atoms with E-state index in [2.05, 4.69) is 26.0 Å². The second-order valence-electron chi connectivity index (χ2n) is 11.8. The fraction of sp³-hybridized carbons (Fsp3) is 0.935. The SMILES string of the molecule is CCCCCCCCCCCCCC/C=C\CCCCCCCCOP(=O)(O)C(CCC)[N+](C)(C)C. The summed E-state index contributed by atoms with van der Waals surface area (Å²) in [7, 11) is 2.35. The molecule has 36 heavy (non-hydrogen) atoms. The van der Waals surface area contributed by atoms with Crippen LogP contribution in [0.15, 0.2) is 12.2 Å². The van der Waals surface area contributed by atoms with Gasteiger partial charge in [0.1, 0.15) is 0 Å². The molecule has 2 unspecified atom stereocenters. The Balaban J connectivity index is 3.46. The Morgan fingerprint density at radius 2 is 1.03 bits per heavy atom. The first kappa shape index (κ1) is 35.9. The van der Waals surface area contributed by atoms with Crippen molar-refractivity contribution in [1.82, 2.24) is 0 Å². The minimum absolute atomic E-state index is 0.338. The molecule has 0 aromatic carbocycles. The van der Waals surface area contributed by atoms with Crippen LogP contribution in [-0.2, 0) is 9.09 Å². The second kappa shape index (κ2) is 23.9. The summed E-state index contributed by atoms with van der Waals surface area (Å²) in [6, 6.07) is 0. The molecule has 0 aromatic heterocycles. The third kappa shape index (κ3) is 21.9. The number of hydrogen-bond donors (Lipinski definition) is 1. The van der Waals surface area contributed by atoms with Crippen LogP contribution in [0, 0.1) is 0 Å². The summed E-state index contributed by atoms with van der Waals surface area (Å²) >= 11 is 0. The Morgan fingerprint density at radius 3 is 1.42 bits per heavy atom. The molecule has 5 heteroatoms. The van der Waals surface area contributed by atoms with Gasteiger partial charge in [0.15, 0.2) is 5.78 Å². The van der Waals surface area contributed by atoms with Crippen molar-refractivity contribution in [3.05, 3.63) is 12.2 Å². The zero-order valence-electron chi connectivity index (χ0n) is 25.2. The Bertz CT molecular complexity index is 544. The summed E-state index contributed by atoms with van der Waals surface area (Å²) in [5.74, 6) is -0.338. The Kier molecular flexibility index (Phi) is 23.8. The molecular weight excluding hydrogens is 465 g/mol. The lowest BCUT2D eigenvalue weighted by atomic mass is 10.0. The van der Waals surface area contributed by atoms with E-state index in [0.29, 0.717) is 17.5 Å². The maximum absolute atomic E-state index is 12.7. The van der Waals surface area contributed by atoms with Crippen LogP contribution in [0.2, 0.25) is 0 Å². The number of nitrogens with zero attached hydrogens (tertiary/aromatic N) is 1. The van der Waals surface area contributed by atoms with Crippen LogP contribution in [0.25, 0.3) is 0 Å². The van der Waals surface area contributed by atoms with E-state index < -0.39 is 7.60 Å². The van der Waals surface area contributed by atoms with Gasteiger partial charge in [0.2, 0.25) is 0 Å². The second-order valence-corrected chi connectivity index (χ2v) is 13.8. The topological polar surface area (TPSA) is 46.5 Å². The molecule has 0 saturated heterocycles. The molecule has 216 valence electrons. The molecule has 1 N–H and O–H groups in total. The van der Waals surface area contributed by atoms with E-state index in [1.807, 2.05) is 21.1 Å². The van der Waals surface area contributed by atoms with Crippen LogP contribution in [0.5, 0.6) is 0 Å². The lowest BCUT2D eigenvalue weighted by molar-refractivity contribution is -0.883. The van der Waals surface area contributed by atoms with Gasteiger partial charge < -0.3 is 13.9 Å². The van der Waals surface area contributed by atoms with Crippen molar-refractivity contribution < 1.29 is 18.5 Å². The molecule has 0 aliphatic heterocycles. The van der Waals surface area contributed by atoms with Gasteiger partial charge in [-0.2, -0.15) is 0 Å². The molecule has 4 nitrogen and oxygen atoms in total. The zero-order valence-corrected chi connectivity index (χ0v) is 26.0. The molecule has 2 atom stereocenters. The van der Waals surface area contributed by atoms with Crippen molar-refractivity contribution in [3.63, 3.8) is 0 Å². The van der Waals surface area contributed by atoms with Crippen LogP contribution in [0.4, 0.5) is 0 Å². The smallest absolute Gasteiger partial charge is 0.320 e. The van der Waals surface area contributed by atoms with Gasteiger partial charge in [-0.25, -0.2) is 0 Å². The lowest BCUT2D eigenvalue weighted by Gasteiger charge is -2.35. The monoisotopic (exact) mass is 530 g/mol. The maximum Gasteiger partial charge on any atom is 0.385 e. The van der Waals surface area contributed by atoms with Crippen LogP contribution in [0.1, 0.15) is 155 Å². The normalized spacial score (nSPS) is 14.9. The van der Waals surface area contributed by atoms with Crippen LogP contribution in [-0.4, -0.2) is 42.9 Å². The summed E-state index contributed by atoms with van der Waals surface area (Å²) in [5.41, 5.74) is 0. The largest absolute Gasteiger partial charge is 0.385 e. The molecular formula is C31H65NO3P+. The van der Waals surface area contributed by atoms with Gasteiger partial charge in [-0.1, -0.05) is 122 Å². The van der Waals surface area contributed by atoms with Crippen molar-refractivity contribution in [2.45, 2.75) is 161 Å². The number of unbranched alkanes of at least 4 members (excludes halogenated alkanes) is 18. The van der Waals surface area contributed by atoms with Crippen molar-refractivity contribution in [2.75, 3.05) is 27.7 Å². The third-order valence-corrected chi connectivity index (χ3v) is 9.51. The first-order chi connectivity index (χ1) is 17.3. The van der Waals surface area contributed by atoms with Crippen LogP contribution < -0.4 is 0 Å². The van der Waals surface area contributed by atoms with Crippen molar-refractivity contribution in [2.24, 2.45) is 0 Å². The first-order valence-corrected chi connectivity index (χ1v) is 17.3. The molecule has 0 radical (unpaired) electrons. The van der Waals surface area contributed by atoms with Crippen LogP contribution in [0.3, 0.4) is 0 Å². The summed E-state index contributed by atoms with van der Waals surface area (Å²) in [6.07, 6.45) is 32.8.